The van der Waals surface area contributed by atoms with E-state index in [-0.39, 0.29) is 23.9 Å². The fraction of sp³-hybridized carbons (Fsp3) is 0.560. The quantitative estimate of drug-likeness (QED) is 0.570. The van der Waals surface area contributed by atoms with Crippen LogP contribution in [0.5, 0.6) is 0 Å². The van der Waals surface area contributed by atoms with Gasteiger partial charge in [-0.05, 0) is 25.5 Å². The number of hydrogen-bond donors (Lipinski definition) is 2. The van der Waals surface area contributed by atoms with Crippen LogP contribution in [-0.2, 0) is 26.6 Å². The third-order valence-electron chi connectivity index (χ3n) is 6.94. The van der Waals surface area contributed by atoms with Crippen LogP contribution in [0.2, 0.25) is 0 Å². The summed E-state index contributed by atoms with van der Waals surface area (Å²) in [7, 11) is 0. The van der Waals surface area contributed by atoms with Crippen LogP contribution in [-0.4, -0.2) is 40.3 Å². The molecule has 2 heterocycles. The minimum Gasteiger partial charge on any atom is -0.363 e. The summed E-state index contributed by atoms with van der Waals surface area (Å²) in [6.45, 7) is 5.18. The summed E-state index contributed by atoms with van der Waals surface area (Å²) in [4.78, 5) is 21.9. The lowest BCUT2D eigenvalue weighted by Gasteiger charge is -2.65. The Kier molecular flexibility index (Phi) is 5.79. The molecule has 10 heteroatoms. The van der Waals surface area contributed by atoms with E-state index in [0.29, 0.717) is 60.9 Å². The van der Waals surface area contributed by atoms with Crippen LogP contribution in [0, 0.1) is 6.92 Å². The summed E-state index contributed by atoms with van der Waals surface area (Å²) in [5.41, 5.74) is -0.00888. The first-order valence-electron chi connectivity index (χ1n) is 11.8. The predicted molar refractivity (Wildman–Crippen MR) is 122 cm³/mol. The van der Waals surface area contributed by atoms with Gasteiger partial charge in [-0.15, -0.1) is 0 Å². The Hall–Kier alpha value is -2.72. The second kappa shape index (κ2) is 8.44. The maximum atomic E-state index is 13.9. The molecule has 188 valence electrons. The standard InChI is InChI=1S/C25H29F3N4O3/c1-14(16-5-4-6-17(9-16)23(3,26)27)29-21-20(22-34-7-8-35-22)18(30-15(2)31-21)10-19(33)32-25-11-24(28,12-25)13-25/h4-6,9,14,22H,7-8,10-13H2,1-3H3,(H,32,33)(H,29,30,31)/t14-,24?,25?/m1/s1. The first-order valence-corrected chi connectivity index (χ1v) is 11.8. The molecule has 0 radical (unpaired) electrons. The highest BCUT2D eigenvalue weighted by atomic mass is 19.3. The van der Waals surface area contributed by atoms with E-state index >= 15 is 0 Å². The highest BCUT2D eigenvalue weighted by Crippen LogP contribution is 2.62. The Morgan fingerprint density at radius 2 is 1.91 bits per heavy atom. The molecular weight excluding hydrogens is 461 g/mol. The topological polar surface area (TPSA) is 85.4 Å². The average Bonchev–Trinajstić information content (AvgIpc) is 3.25. The van der Waals surface area contributed by atoms with Gasteiger partial charge < -0.3 is 20.1 Å². The first kappa shape index (κ1) is 24.0. The number of alkyl halides is 3. The summed E-state index contributed by atoms with van der Waals surface area (Å²) in [6.07, 6.45) is 0.274. The van der Waals surface area contributed by atoms with Crippen molar-refractivity contribution in [1.29, 1.82) is 0 Å². The third-order valence-corrected chi connectivity index (χ3v) is 6.94. The van der Waals surface area contributed by atoms with Crippen LogP contribution >= 0.6 is 0 Å². The molecule has 1 aromatic carbocycles. The SMILES string of the molecule is Cc1nc(CC(=O)NC23CC(F)(C2)C3)c(C2OCCO2)c(N[C@H](C)c2cccc(C(C)(F)F)c2)n1. The molecule has 6 rings (SSSR count). The summed E-state index contributed by atoms with van der Waals surface area (Å²) in [5, 5.41) is 6.25. The van der Waals surface area contributed by atoms with Crippen molar-refractivity contribution >= 4 is 11.7 Å². The molecule has 2 aromatic rings. The van der Waals surface area contributed by atoms with Crippen molar-refractivity contribution in [2.75, 3.05) is 18.5 Å². The van der Waals surface area contributed by atoms with E-state index in [0.717, 1.165) is 6.92 Å². The Bertz CT molecular complexity index is 1130. The minimum atomic E-state index is -2.96. The fourth-order valence-corrected chi connectivity index (χ4v) is 5.31. The lowest BCUT2D eigenvalue weighted by Crippen LogP contribution is -2.76. The summed E-state index contributed by atoms with van der Waals surface area (Å²) < 4.78 is 53.0. The Morgan fingerprint density at radius 3 is 2.54 bits per heavy atom. The van der Waals surface area contributed by atoms with Gasteiger partial charge in [0.1, 0.15) is 17.3 Å². The molecular formula is C25H29F3N4O3. The van der Waals surface area contributed by atoms with Gasteiger partial charge in [0.05, 0.1) is 30.9 Å². The van der Waals surface area contributed by atoms with Crippen molar-refractivity contribution < 1.29 is 27.4 Å². The second-order valence-corrected chi connectivity index (χ2v) is 10.1. The zero-order chi connectivity index (χ0) is 25.0. The number of aryl methyl sites for hydroxylation is 1. The Labute approximate surface area is 201 Å². The van der Waals surface area contributed by atoms with E-state index in [9.17, 15) is 18.0 Å². The number of hydrogen-bond acceptors (Lipinski definition) is 6. The van der Waals surface area contributed by atoms with Gasteiger partial charge in [0.15, 0.2) is 6.29 Å². The maximum Gasteiger partial charge on any atom is 0.270 e. The lowest BCUT2D eigenvalue weighted by molar-refractivity contribution is -0.174. The lowest BCUT2D eigenvalue weighted by atomic mass is 9.47. The van der Waals surface area contributed by atoms with E-state index in [1.54, 1.807) is 19.1 Å². The van der Waals surface area contributed by atoms with Crippen molar-refractivity contribution in [3.63, 3.8) is 0 Å². The smallest absolute Gasteiger partial charge is 0.270 e. The number of nitrogens with zero attached hydrogens (tertiary/aromatic N) is 2. The number of nitrogens with one attached hydrogen (secondary N) is 2. The van der Waals surface area contributed by atoms with E-state index in [1.165, 1.54) is 12.1 Å². The van der Waals surface area contributed by atoms with Crippen LogP contribution in [0.15, 0.2) is 24.3 Å². The van der Waals surface area contributed by atoms with Gasteiger partial charge in [-0.2, -0.15) is 0 Å². The van der Waals surface area contributed by atoms with E-state index < -0.39 is 23.4 Å². The molecule has 2 bridgehead atoms. The number of anilines is 1. The summed E-state index contributed by atoms with van der Waals surface area (Å²) in [6, 6.07) is 5.83. The largest absolute Gasteiger partial charge is 0.363 e. The zero-order valence-corrected chi connectivity index (χ0v) is 20.0. The number of benzene rings is 1. The van der Waals surface area contributed by atoms with Crippen molar-refractivity contribution in [1.82, 2.24) is 15.3 Å². The molecule has 4 fully saturated rings. The number of rotatable bonds is 8. The molecule has 3 saturated carbocycles. The maximum absolute atomic E-state index is 13.9. The second-order valence-electron chi connectivity index (χ2n) is 10.1. The van der Waals surface area contributed by atoms with Gasteiger partial charge in [-0.3, -0.25) is 4.79 Å². The number of ether oxygens (including phenoxy) is 2. The van der Waals surface area contributed by atoms with Gasteiger partial charge in [0.2, 0.25) is 5.91 Å². The third kappa shape index (κ3) is 4.73. The molecule has 1 aliphatic heterocycles. The highest BCUT2D eigenvalue weighted by molar-refractivity contribution is 5.80. The van der Waals surface area contributed by atoms with Crippen LogP contribution in [0.25, 0.3) is 0 Å². The first-order chi connectivity index (χ1) is 16.5. The number of aromatic nitrogens is 2. The molecule has 1 amide bonds. The van der Waals surface area contributed by atoms with Crippen molar-refractivity contribution in [2.45, 2.75) is 75.9 Å². The normalized spacial score (nSPS) is 26.6. The molecule has 0 unspecified atom stereocenters. The molecule has 1 aromatic heterocycles. The molecule has 1 atom stereocenters. The van der Waals surface area contributed by atoms with E-state index in [4.69, 9.17) is 9.47 Å². The van der Waals surface area contributed by atoms with Gasteiger partial charge in [-0.1, -0.05) is 18.2 Å². The Balaban J connectivity index is 1.41. The summed E-state index contributed by atoms with van der Waals surface area (Å²) >= 11 is 0. The van der Waals surface area contributed by atoms with Crippen molar-refractivity contribution in [3.05, 3.63) is 52.5 Å². The van der Waals surface area contributed by atoms with Crippen LogP contribution in [0.4, 0.5) is 19.0 Å². The highest BCUT2D eigenvalue weighted by Gasteiger charge is 2.69. The number of carbonyl (C=O) groups is 1. The molecule has 35 heavy (non-hydrogen) atoms. The fourth-order valence-electron chi connectivity index (χ4n) is 5.31. The molecule has 4 aliphatic rings. The van der Waals surface area contributed by atoms with Gasteiger partial charge in [0, 0.05) is 43.3 Å². The van der Waals surface area contributed by atoms with Gasteiger partial charge in [-0.25, -0.2) is 23.1 Å². The molecule has 0 spiro atoms. The van der Waals surface area contributed by atoms with Gasteiger partial charge in [0.25, 0.3) is 5.92 Å². The van der Waals surface area contributed by atoms with Crippen molar-refractivity contribution in [3.8, 4) is 0 Å². The predicted octanol–water partition coefficient (Wildman–Crippen LogP) is 4.42. The zero-order valence-electron chi connectivity index (χ0n) is 20.0. The number of amides is 1. The van der Waals surface area contributed by atoms with E-state index in [2.05, 4.69) is 20.6 Å². The van der Waals surface area contributed by atoms with Crippen LogP contribution in [0.3, 0.4) is 0 Å². The molecule has 3 aliphatic carbocycles. The van der Waals surface area contributed by atoms with E-state index in [1.807, 2.05) is 6.92 Å². The minimum absolute atomic E-state index is 0.0381. The number of carbonyl (C=O) groups excluding carboxylic acids is 1. The van der Waals surface area contributed by atoms with Crippen LogP contribution in [0.1, 0.15) is 73.7 Å². The average molecular weight is 491 g/mol. The summed E-state index contributed by atoms with van der Waals surface area (Å²) in [5.74, 6) is -2.35. The van der Waals surface area contributed by atoms with Crippen LogP contribution < -0.4 is 10.6 Å². The molecule has 1 saturated heterocycles. The number of halogens is 3. The monoisotopic (exact) mass is 490 g/mol. The Morgan fingerprint density at radius 1 is 1.23 bits per heavy atom. The van der Waals surface area contributed by atoms with Gasteiger partial charge >= 0.3 is 0 Å². The van der Waals surface area contributed by atoms with Crippen molar-refractivity contribution in [2.24, 2.45) is 0 Å². The molecule has 2 N–H and O–H groups in total. The molecule has 7 nitrogen and oxygen atoms in total.